The smallest absolute Gasteiger partial charge is 0.221 e. The highest BCUT2D eigenvalue weighted by molar-refractivity contribution is 5.44. The van der Waals surface area contributed by atoms with Gasteiger partial charge in [-0.05, 0) is 6.42 Å². The topological polar surface area (TPSA) is 79.5 Å². The highest BCUT2D eigenvalue weighted by Crippen LogP contribution is 2.20. The van der Waals surface area contributed by atoms with Gasteiger partial charge >= 0.3 is 0 Å². The third kappa shape index (κ3) is 4.85. The van der Waals surface area contributed by atoms with Gasteiger partial charge in [0.1, 0.15) is 18.8 Å². The molecule has 0 spiro atoms. The zero-order chi connectivity index (χ0) is 13.2. The van der Waals surface area contributed by atoms with Crippen LogP contribution in [-0.4, -0.2) is 43.5 Å². The molecule has 6 heteroatoms. The number of nitrogens with zero attached hydrogens (tertiary/aromatic N) is 2. The molecule has 0 aliphatic rings. The van der Waals surface area contributed by atoms with E-state index in [-0.39, 0.29) is 0 Å². The Morgan fingerprint density at radius 2 is 1.94 bits per heavy atom. The molecule has 1 aromatic rings. The Kier molecular flexibility index (Phi) is 7.05. The van der Waals surface area contributed by atoms with Gasteiger partial charge in [0.15, 0.2) is 0 Å². The van der Waals surface area contributed by atoms with Gasteiger partial charge in [-0.25, -0.2) is 9.97 Å². The van der Waals surface area contributed by atoms with Crippen LogP contribution in [0.3, 0.4) is 0 Å². The molecule has 0 atom stereocenters. The first-order valence-electron chi connectivity index (χ1n) is 6.08. The van der Waals surface area contributed by atoms with Gasteiger partial charge in [-0.3, -0.25) is 0 Å². The molecule has 6 nitrogen and oxygen atoms in total. The lowest BCUT2D eigenvalue weighted by molar-refractivity contribution is 0.0535. The third-order valence-corrected chi connectivity index (χ3v) is 2.34. The van der Waals surface area contributed by atoms with E-state index in [0.717, 1.165) is 18.4 Å². The third-order valence-electron chi connectivity index (χ3n) is 2.34. The van der Waals surface area contributed by atoms with Gasteiger partial charge in [-0.1, -0.05) is 13.3 Å². The highest BCUT2D eigenvalue weighted by atomic mass is 16.5. The van der Waals surface area contributed by atoms with Crippen molar-refractivity contribution < 1.29 is 14.2 Å². The van der Waals surface area contributed by atoms with Crippen LogP contribution in [0, 0.1) is 0 Å². The zero-order valence-electron chi connectivity index (χ0n) is 11.0. The van der Waals surface area contributed by atoms with Gasteiger partial charge in [-0.15, -0.1) is 0 Å². The Hall–Kier alpha value is -1.40. The molecule has 0 fully saturated rings. The van der Waals surface area contributed by atoms with Crippen molar-refractivity contribution in [2.45, 2.75) is 19.8 Å². The molecular formula is C12H21N3O3. The summed E-state index contributed by atoms with van der Waals surface area (Å²) in [5, 5.41) is 0. The van der Waals surface area contributed by atoms with Gasteiger partial charge < -0.3 is 19.9 Å². The molecule has 0 aliphatic carbocycles. The number of nitrogens with two attached hydrogens (primary N) is 1. The molecule has 2 N–H and O–H groups in total. The molecule has 0 saturated carbocycles. The first kappa shape index (κ1) is 14.7. The lowest BCUT2D eigenvalue weighted by atomic mass is 10.2. The maximum atomic E-state index is 5.80. The fourth-order valence-electron chi connectivity index (χ4n) is 1.46. The second-order valence-electron chi connectivity index (χ2n) is 3.75. The van der Waals surface area contributed by atoms with Crippen molar-refractivity contribution in [3.8, 4) is 5.88 Å². The zero-order valence-corrected chi connectivity index (χ0v) is 11.0. The minimum atomic E-state index is 0.441. The molecule has 0 aliphatic heterocycles. The van der Waals surface area contributed by atoms with Crippen molar-refractivity contribution in [1.82, 2.24) is 9.97 Å². The molecule has 102 valence electrons. The van der Waals surface area contributed by atoms with Crippen LogP contribution < -0.4 is 10.5 Å². The molecule has 0 bridgehead atoms. The summed E-state index contributed by atoms with van der Waals surface area (Å²) in [5.74, 6) is 1.04. The minimum absolute atomic E-state index is 0.441. The molecule has 1 heterocycles. The van der Waals surface area contributed by atoms with E-state index >= 15 is 0 Å². The Morgan fingerprint density at radius 1 is 1.17 bits per heavy atom. The van der Waals surface area contributed by atoms with Crippen LogP contribution >= 0.6 is 0 Å². The molecule has 0 aromatic carbocycles. The number of hydrogen-bond donors (Lipinski definition) is 1. The Bertz CT molecular complexity index is 347. The quantitative estimate of drug-likeness (QED) is 0.664. The van der Waals surface area contributed by atoms with E-state index in [9.17, 15) is 0 Å². The fourth-order valence-corrected chi connectivity index (χ4v) is 1.46. The number of ether oxygens (including phenoxy) is 3. The van der Waals surface area contributed by atoms with Crippen LogP contribution in [0.5, 0.6) is 5.88 Å². The first-order valence-corrected chi connectivity index (χ1v) is 6.08. The van der Waals surface area contributed by atoms with Gasteiger partial charge in [0.05, 0.1) is 25.4 Å². The largest absolute Gasteiger partial charge is 0.475 e. The molecule has 0 unspecified atom stereocenters. The van der Waals surface area contributed by atoms with Crippen molar-refractivity contribution in [2.75, 3.05) is 39.3 Å². The van der Waals surface area contributed by atoms with E-state index in [1.165, 1.54) is 6.33 Å². The molecule has 0 saturated heterocycles. The highest BCUT2D eigenvalue weighted by Gasteiger charge is 2.09. The van der Waals surface area contributed by atoms with Crippen LogP contribution in [0.25, 0.3) is 0 Å². The van der Waals surface area contributed by atoms with Crippen molar-refractivity contribution in [3.63, 3.8) is 0 Å². The normalized spacial score (nSPS) is 10.6. The average Bonchev–Trinajstić information content (AvgIpc) is 2.37. The van der Waals surface area contributed by atoms with Crippen molar-refractivity contribution in [3.05, 3.63) is 11.9 Å². The van der Waals surface area contributed by atoms with Crippen LogP contribution in [0.1, 0.15) is 18.9 Å². The lowest BCUT2D eigenvalue weighted by Crippen LogP contribution is -2.12. The van der Waals surface area contributed by atoms with Crippen molar-refractivity contribution in [1.29, 1.82) is 0 Å². The molecule has 0 amide bonds. The van der Waals surface area contributed by atoms with Gasteiger partial charge in [0.2, 0.25) is 5.88 Å². The van der Waals surface area contributed by atoms with Crippen molar-refractivity contribution in [2.24, 2.45) is 0 Å². The summed E-state index contributed by atoms with van der Waals surface area (Å²) >= 11 is 0. The predicted octanol–water partition coefficient (Wildman–Crippen LogP) is 1.05. The van der Waals surface area contributed by atoms with E-state index in [1.807, 2.05) is 0 Å². The SMILES string of the molecule is CCCc1c(N)ncnc1OCCOCCOC. The number of rotatable bonds is 9. The van der Waals surface area contributed by atoms with Crippen LogP contribution in [0.2, 0.25) is 0 Å². The average molecular weight is 255 g/mol. The van der Waals surface area contributed by atoms with E-state index in [1.54, 1.807) is 7.11 Å². The first-order chi connectivity index (χ1) is 8.79. The predicted molar refractivity (Wildman–Crippen MR) is 68.6 cm³/mol. The summed E-state index contributed by atoms with van der Waals surface area (Å²) < 4.78 is 15.7. The maximum Gasteiger partial charge on any atom is 0.221 e. The van der Waals surface area contributed by atoms with Crippen LogP contribution in [0.4, 0.5) is 5.82 Å². The number of nitrogen functional groups attached to an aromatic ring is 1. The number of hydrogen-bond acceptors (Lipinski definition) is 6. The summed E-state index contributed by atoms with van der Waals surface area (Å²) in [7, 11) is 1.64. The molecular weight excluding hydrogens is 234 g/mol. The molecule has 0 radical (unpaired) electrons. The van der Waals surface area contributed by atoms with Crippen molar-refractivity contribution >= 4 is 5.82 Å². The van der Waals surface area contributed by atoms with E-state index in [4.69, 9.17) is 19.9 Å². The molecule has 1 rings (SSSR count). The van der Waals surface area contributed by atoms with E-state index in [2.05, 4.69) is 16.9 Å². The molecule has 1 aromatic heterocycles. The van der Waals surface area contributed by atoms with Crippen LogP contribution in [0.15, 0.2) is 6.33 Å². The standard InChI is InChI=1S/C12H21N3O3/c1-3-4-10-11(13)14-9-15-12(10)18-8-7-17-6-5-16-2/h9H,3-8H2,1-2H3,(H2,13,14,15). The summed E-state index contributed by atoms with van der Waals surface area (Å²) in [6, 6.07) is 0. The van der Waals surface area contributed by atoms with Gasteiger partial charge in [0.25, 0.3) is 0 Å². The Labute approximate surface area is 107 Å². The van der Waals surface area contributed by atoms with E-state index < -0.39 is 0 Å². The number of methoxy groups -OCH3 is 1. The Morgan fingerprint density at radius 3 is 2.67 bits per heavy atom. The number of aromatic nitrogens is 2. The molecule has 18 heavy (non-hydrogen) atoms. The van der Waals surface area contributed by atoms with Gasteiger partial charge in [0, 0.05) is 7.11 Å². The maximum absolute atomic E-state index is 5.80. The summed E-state index contributed by atoms with van der Waals surface area (Å²) in [6.07, 6.45) is 3.19. The summed E-state index contributed by atoms with van der Waals surface area (Å²) in [4.78, 5) is 8.06. The van der Waals surface area contributed by atoms with E-state index in [0.29, 0.717) is 38.1 Å². The number of anilines is 1. The summed E-state index contributed by atoms with van der Waals surface area (Å²) in [6.45, 7) is 4.16. The minimum Gasteiger partial charge on any atom is -0.475 e. The second-order valence-corrected chi connectivity index (χ2v) is 3.75. The summed E-state index contributed by atoms with van der Waals surface area (Å²) in [5.41, 5.74) is 6.67. The monoisotopic (exact) mass is 255 g/mol. The lowest BCUT2D eigenvalue weighted by Gasteiger charge is -2.11. The van der Waals surface area contributed by atoms with Gasteiger partial charge in [-0.2, -0.15) is 0 Å². The fraction of sp³-hybridized carbons (Fsp3) is 0.667. The second kappa shape index (κ2) is 8.66. The Balaban J connectivity index is 2.39. The van der Waals surface area contributed by atoms with Crippen LogP contribution in [-0.2, 0) is 15.9 Å².